The van der Waals surface area contributed by atoms with Crippen molar-refractivity contribution in [3.8, 4) is 6.07 Å². The fourth-order valence-electron chi connectivity index (χ4n) is 3.06. The molecule has 0 unspecified atom stereocenters. The smallest absolute Gasteiger partial charge is 0.407 e. The van der Waals surface area contributed by atoms with Gasteiger partial charge >= 0.3 is 12.1 Å². The molecule has 134 valence electrons. The monoisotopic (exact) mass is 345 g/mol. The van der Waals surface area contributed by atoms with Gasteiger partial charge in [0.25, 0.3) is 0 Å². The van der Waals surface area contributed by atoms with Crippen LogP contribution in [0.3, 0.4) is 0 Å². The average molecular weight is 345 g/mol. The molecule has 1 aromatic rings. The number of nitrogens with zero attached hydrogens (tertiary/aromatic N) is 2. The molecule has 1 aromatic carbocycles. The molecule has 7 heteroatoms. The third kappa shape index (κ3) is 4.63. The van der Waals surface area contributed by atoms with E-state index in [0.29, 0.717) is 42.4 Å². The first-order valence-electron chi connectivity index (χ1n) is 8.42. The van der Waals surface area contributed by atoms with E-state index in [-0.39, 0.29) is 6.04 Å². The number of carbonyl (C=O) groups excluding carboxylic acids is 1. The number of piperidine rings is 1. The highest BCUT2D eigenvalue weighted by Gasteiger charge is 2.26. The third-order valence-electron chi connectivity index (χ3n) is 4.55. The number of carboxylic acid groups (broad SMARTS) is 1. The summed E-state index contributed by atoms with van der Waals surface area (Å²) >= 11 is 0. The van der Waals surface area contributed by atoms with E-state index in [1.807, 2.05) is 6.92 Å². The standard InChI is InChI=1S/C18H23N3O4/c1-3-25-17(22)14-4-5-15(11-19)16(10-14)20-12(2)13-6-8-21(9-7-13)18(23)24/h4-5,10,12-13,20H,3,6-9H2,1-2H3,(H,23,24)/t12-/m0/s1. The SMILES string of the molecule is CCOC(=O)c1ccc(C#N)c(N[C@@H](C)C2CCN(C(=O)O)CC2)c1. The molecule has 1 fully saturated rings. The van der Waals surface area contributed by atoms with Gasteiger partial charge in [0.1, 0.15) is 6.07 Å². The van der Waals surface area contributed by atoms with Crippen molar-refractivity contribution in [2.24, 2.45) is 5.92 Å². The van der Waals surface area contributed by atoms with Crippen LogP contribution in [0.5, 0.6) is 0 Å². The van der Waals surface area contributed by atoms with Gasteiger partial charge in [-0.3, -0.25) is 0 Å². The van der Waals surface area contributed by atoms with Crippen molar-refractivity contribution in [3.63, 3.8) is 0 Å². The Labute approximate surface area is 147 Å². The minimum Gasteiger partial charge on any atom is -0.465 e. The number of likely N-dealkylation sites (tertiary alicyclic amines) is 1. The third-order valence-corrected chi connectivity index (χ3v) is 4.55. The predicted octanol–water partition coefficient (Wildman–Crippen LogP) is 2.93. The fraction of sp³-hybridized carbons (Fsp3) is 0.500. The Balaban J connectivity index is 2.08. The molecule has 2 rings (SSSR count). The van der Waals surface area contributed by atoms with Crippen LogP contribution in [-0.2, 0) is 4.74 Å². The largest absolute Gasteiger partial charge is 0.465 e. The quantitative estimate of drug-likeness (QED) is 0.796. The molecule has 0 aliphatic carbocycles. The molecule has 1 saturated heterocycles. The number of carbonyl (C=O) groups is 2. The van der Waals surface area contributed by atoms with Crippen LogP contribution in [0.2, 0.25) is 0 Å². The first-order chi connectivity index (χ1) is 12.0. The molecule has 1 aliphatic heterocycles. The summed E-state index contributed by atoms with van der Waals surface area (Å²) in [6, 6.07) is 7.00. The summed E-state index contributed by atoms with van der Waals surface area (Å²) in [5, 5.41) is 21.6. The van der Waals surface area contributed by atoms with Crippen molar-refractivity contribution in [2.75, 3.05) is 25.0 Å². The van der Waals surface area contributed by atoms with Crippen LogP contribution in [0.15, 0.2) is 18.2 Å². The normalized spacial score (nSPS) is 16.0. The minimum atomic E-state index is -0.882. The highest BCUT2D eigenvalue weighted by Crippen LogP contribution is 2.25. The Kier molecular flexibility index (Phi) is 6.23. The van der Waals surface area contributed by atoms with E-state index < -0.39 is 12.1 Å². The van der Waals surface area contributed by atoms with Crippen LogP contribution in [0, 0.1) is 17.2 Å². The number of nitriles is 1. The Morgan fingerprint density at radius 1 is 1.44 bits per heavy atom. The number of rotatable bonds is 5. The Morgan fingerprint density at radius 3 is 2.68 bits per heavy atom. The van der Waals surface area contributed by atoms with E-state index >= 15 is 0 Å². The summed E-state index contributed by atoms with van der Waals surface area (Å²) in [4.78, 5) is 24.3. The number of nitrogens with one attached hydrogen (secondary N) is 1. The van der Waals surface area contributed by atoms with Gasteiger partial charge < -0.3 is 20.1 Å². The van der Waals surface area contributed by atoms with Gasteiger partial charge in [0.05, 0.1) is 23.4 Å². The van der Waals surface area contributed by atoms with Gasteiger partial charge in [-0.2, -0.15) is 5.26 Å². The van der Waals surface area contributed by atoms with Gasteiger partial charge in [-0.15, -0.1) is 0 Å². The van der Waals surface area contributed by atoms with E-state index in [2.05, 4.69) is 11.4 Å². The molecule has 25 heavy (non-hydrogen) atoms. The van der Waals surface area contributed by atoms with Crippen molar-refractivity contribution in [3.05, 3.63) is 29.3 Å². The van der Waals surface area contributed by atoms with Crippen molar-refractivity contribution in [2.45, 2.75) is 32.7 Å². The van der Waals surface area contributed by atoms with Gasteiger partial charge in [0, 0.05) is 19.1 Å². The zero-order chi connectivity index (χ0) is 18.4. The summed E-state index contributed by atoms with van der Waals surface area (Å²) < 4.78 is 5.00. The highest BCUT2D eigenvalue weighted by atomic mass is 16.5. The number of esters is 1. The van der Waals surface area contributed by atoms with Crippen molar-refractivity contribution in [1.29, 1.82) is 5.26 Å². The second-order valence-corrected chi connectivity index (χ2v) is 6.13. The molecule has 0 radical (unpaired) electrons. The van der Waals surface area contributed by atoms with Crippen molar-refractivity contribution >= 4 is 17.7 Å². The molecule has 0 bridgehead atoms. The predicted molar refractivity (Wildman–Crippen MR) is 92.5 cm³/mol. The average Bonchev–Trinajstić information content (AvgIpc) is 2.61. The second kappa shape index (κ2) is 8.38. The first-order valence-corrected chi connectivity index (χ1v) is 8.42. The van der Waals surface area contributed by atoms with Gasteiger partial charge in [0.2, 0.25) is 0 Å². The lowest BCUT2D eigenvalue weighted by molar-refractivity contribution is 0.0526. The number of ether oxygens (including phenoxy) is 1. The first kappa shape index (κ1) is 18.6. The van der Waals surface area contributed by atoms with Gasteiger partial charge in [-0.25, -0.2) is 9.59 Å². The lowest BCUT2D eigenvalue weighted by Crippen LogP contribution is -2.41. The zero-order valence-corrected chi connectivity index (χ0v) is 14.5. The number of hydrogen-bond donors (Lipinski definition) is 2. The Bertz CT molecular complexity index is 675. The van der Waals surface area contributed by atoms with E-state index in [4.69, 9.17) is 9.84 Å². The molecule has 7 nitrogen and oxygen atoms in total. The van der Waals surface area contributed by atoms with Crippen LogP contribution >= 0.6 is 0 Å². The van der Waals surface area contributed by atoms with E-state index in [1.165, 1.54) is 4.90 Å². The van der Waals surface area contributed by atoms with E-state index in [0.717, 1.165) is 12.8 Å². The lowest BCUT2D eigenvalue weighted by Gasteiger charge is -2.34. The number of benzene rings is 1. The second-order valence-electron chi connectivity index (χ2n) is 6.13. The van der Waals surface area contributed by atoms with Crippen LogP contribution < -0.4 is 5.32 Å². The summed E-state index contributed by atoms with van der Waals surface area (Å²) in [6.45, 7) is 5.08. The molecule has 2 N–H and O–H groups in total. The van der Waals surface area contributed by atoms with Gasteiger partial charge in [-0.05, 0) is 50.8 Å². The van der Waals surface area contributed by atoms with Gasteiger partial charge in [-0.1, -0.05) is 0 Å². The van der Waals surface area contributed by atoms with Crippen LogP contribution in [0.25, 0.3) is 0 Å². The van der Waals surface area contributed by atoms with Gasteiger partial charge in [0.15, 0.2) is 0 Å². The molecule has 0 aromatic heterocycles. The molecule has 0 spiro atoms. The minimum absolute atomic E-state index is 0.0560. The van der Waals surface area contributed by atoms with Crippen LogP contribution in [-0.4, -0.2) is 47.8 Å². The highest BCUT2D eigenvalue weighted by molar-refractivity contribution is 5.91. The molecule has 1 amide bonds. The summed E-state index contributed by atoms with van der Waals surface area (Å²) in [6.07, 6.45) is 0.646. The lowest BCUT2D eigenvalue weighted by atomic mass is 9.90. The van der Waals surface area contributed by atoms with E-state index in [9.17, 15) is 14.9 Å². The maximum absolute atomic E-state index is 11.9. The molecule has 1 atom stereocenters. The summed E-state index contributed by atoms with van der Waals surface area (Å²) in [5.41, 5.74) is 1.46. The number of hydrogen-bond acceptors (Lipinski definition) is 5. The topological polar surface area (TPSA) is 103 Å². The molecular weight excluding hydrogens is 322 g/mol. The number of anilines is 1. The Hall–Kier alpha value is -2.75. The summed E-state index contributed by atoms with van der Waals surface area (Å²) in [5.74, 6) is -0.120. The molecular formula is C18H23N3O4. The summed E-state index contributed by atoms with van der Waals surface area (Å²) in [7, 11) is 0. The van der Waals surface area contributed by atoms with Crippen molar-refractivity contribution in [1.82, 2.24) is 4.90 Å². The maximum Gasteiger partial charge on any atom is 0.407 e. The molecule has 1 heterocycles. The number of amides is 1. The Morgan fingerprint density at radius 2 is 2.12 bits per heavy atom. The van der Waals surface area contributed by atoms with Crippen LogP contribution in [0.1, 0.15) is 42.6 Å². The fourth-order valence-corrected chi connectivity index (χ4v) is 3.06. The molecule has 0 saturated carbocycles. The zero-order valence-electron chi connectivity index (χ0n) is 14.5. The van der Waals surface area contributed by atoms with E-state index in [1.54, 1.807) is 25.1 Å². The molecule has 1 aliphatic rings. The maximum atomic E-state index is 11.9. The van der Waals surface area contributed by atoms with Crippen molar-refractivity contribution < 1.29 is 19.4 Å². The van der Waals surface area contributed by atoms with Crippen LogP contribution in [0.4, 0.5) is 10.5 Å².